The lowest BCUT2D eigenvalue weighted by atomic mass is 10.4. The average molecular weight is 535 g/mol. The first-order chi connectivity index (χ1) is 11.2. The van der Waals surface area contributed by atoms with Crippen molar-refractivity contribution in [3.05, 3.63) is 22.1 Å². The fraction of sp³-hybridized carbons (Fsp3) is 0.600. The number of nitrogens with one attached hydrogen (secondary N) is 2. The molecule has 144 valence electrons. The summed E-state index contributed by atoms with van der Waals surface area (Å²) in [5, 5.41) is 6.73. The molecule has 0 saturated carbocycles. The van der Waals surface area contributed by atoms with Gasteiger partial charge in [0.25, 0.3) is 0 Å². The number of rotatable bonds is 6. The second kappa shape index (κ2) is 10.4. The minimum Gasteiger partial charge on any atom is -0.385 e. The van der Waals surface area contributed by atoms with Gasteiger partial charge in [-0.15, -0.1) is 34.8 Å². The topological polar surface area (TPSA) is 109 Å². The first-order valence-corrected chi connectivity index (χ1v) is 9.75. The molecule has 1 aromatic heterocycles. The van der Waals surface area contributed by atoms with E-state index >= 15 is 0 Å². The Labute approximate surface area is 188 Å². The standard InChI is InChI=1S/C7H5Cl6N3O.C3H5Cl3N2/c8-1-6(10,11)3-14-4(7(12,13)2-9)16-5(17)15-3;4-1-3(5,6)2(7)8/h1-2H2,(H,14,15,16,17);1H2,(H3,7,8). The van der Waals surface area contributed by atoms with E-state index in [1.54, 1.807) is 0 Å². The summed E-state index contributed by atoms with van der Waals surface area (Å²) in [4.78, 5) is 20.9. The monoisotopic (exact) mass is 531 g/mol. The van der Waals surface area contributed by atoms with Crippen molar-refractivity contribution in [2.45, 2.75) is 13.0 Å². The molecule has 0 unspecified atom stereocenters. The van der Waals surface area contributed by atoms with Crippen molar-refractivity contribution in [3.63, 3.8) is 0 Å². The van der Waals surface area contributed by atoms with Crippen LogP contribution in [0.15, 0.2) is 4.79 Å². The van der Waals surface area contributed by atoms with Gasteiger partial charge in [-0.2, -0.15) is 4.98 Å². The molecule has 1 rings (SSSR count). The van der Waals surface area contributed by atoms with Crippen LogP contribution in [-0.2, 0) is 8.67 Å². The zero-order valence-electron chi connectivity index (χ0n) is 11.9. The molecule has 0 spiro atoms. The molecule has 0 aliphatic rings. The van der Waals surface area contributed by atoms with Crippen molar-refractivity contribution in [1.82, 2.24) is 15.0 Å². The number of halogens is 9. The molecule has 1 heterocycles. The molecule has 1 aromatic rings. The maximum absolute atomic E-state index is 11.3. The number of aromatic nitrogens is 3. The Balaban J connectivity index is 0.000000609. The van der Waals surface area contributed by atoms with E-state index in [2.05, 4.69) is 15.0 Å². The highest BCUT2D eigenvalue weighted by Gasteiger charge is 2.34. The Kier molecular flexibility index (Phi) is 10.8. The summed E-state index contributed by atoms with van der Waals surface area (Å²) in [5.74, 6) is -1.08. The highest BCUT2D eigenvalue weighted by Crippen LogP contribution is 2.35. The number of nitrogens with zero attached hydrogens (tertiary/aromatic N) is 2. The van der Waals surface area contributed by atoms with E-state index in [1.807, 2.05) is 0 Å². The lowest BCUT2D eigenvalue weighted by molar-refractivity contribution is 0.732. The summed E-state index contributed by atoms with van der Waals surface area (Å²) in [6.07, 6.45) is 0. The summed E-state index contributed by atoms with van der Waals surface area (Å²) >= 11 is 50.3. The maximum Gasteiger partial charge on any atom is 0.348 e. The molecule has 0 saturated heterocycles. The Morgan fingerprint density at radius 3 is 1.76 bits per heavy atom. The van der Waals surface area contributed by atoms with Crippen LogP contribution in [0.25, 0.3) is 0 Å². The predicted octanol–water partition coefficient (Wildman–Crippen LogP) is 4.24. The van der Waals surface area contributed by atoms with Crippen LogP contribution in [0.3, 0.4) is 0 Å². The predicted molar refractivity (Wildman–Crippen MR) is 108 cm³/mol. The molecular formula is C10H10Cl9N5O. The van der Waals surface area contributed by atoms with Gasteiger partial charge in [0, 0.05) is 0 Å². The van der Waals surface area contributed by atoms with Gasteiger partial charge < -0.3 is 5.73 Å². The first kappa shape index (κ1) is 25.9. The fourth-order valence-electron chi connectivity index (χ4n) is 0.916. The van der Waals surface area contributed by atoms with Crippen LogP contribution in [0.1, 0.15) is 11.6 Å². The van der Waals surface area contributed by atoms with Gasteiger partial charge >= 0.3 is 5.69 Å². The van der Waals surface area contributed by atoms with Gasteiger partial charge in [-0.1, -0.05) is 69.6 Å². The Bertz CT molecular complexity index is 611. The quantitative estimate of drug-likeness (QED) is 0.288. The number of amidine groups is 1. The largest absolute Gasteiger partial charge is 0.385 e. The third-order valence-corrected chi connectivity index (χ3v) is 6.15. The molecule has 6 nitrogen and oxygen atoms in total. The molecule has 0 atom stereocenters. The van der Waals surface area contributed by atoms with E-state index in [4.69, 9.17) is 116 Å². The van der Waals surface area contributed by atoms with Crippen LogP contribution < -0.4 is 11.4 Å². The van der Waals surface area contributed by atoms with Crippen molar-refractivity contribution in [2.24, 2.45) is 5.73 Å². The average Bonchev–Trinajstić information content (AvgIpc) is 2.54. The summed E-state index contributed by atoms with van der Waals surface area (Å²) < 4.78 is -4.57. The lowest BCUT2D eigenvalue weighted by Gasteiger charge is -2.18. The number of nitrogens with two attached hydrogens (primary N) is 1. The van der Waals surface area contributed by atoms with Gasteiger partial charge in [0.2, 0.25) is 0 Å². The van der Waals surface area contributed by atoms with Crippen molar-refractivity contribution >= 4 is 110 Å². The zero-order valence-corrected chi connectivity index (χ0v) is 18.7. The van der Waals surface area contributed by atoms with Gasteiger partial charge in [-0.05, 0) is 0 Å². The highest BCUT2D eigenvalue weighted by atomic mass is 35.5. The molecule has 0 aromatic carbocycles. The van der Waals surface area contributed by atoms with Gasteiger partial charge in [0.05, 0.1) is 17.6 Å². The third-order valence-electron chi connectivity index (χ3n) is 2.22. The molecule has 0 fully saturated rings. The highest BCUT2D eigenvalue weighted by molar-refractivity contribution is 6.60. The van der Waals surface area contributed by atoms with Gasteiger partial charge in [-0.3, -0.25) is 10.4 Å². The Morgan fingerprint density at radius 2 is 1.44 bits per heavy atom. The second-order valence-electron chi connectivity index (χ2n) is 4.25. The van der Waals surface area contributed by atoms with E-state index in [-0.39, 0.29) is 35.1 Å². The Hall–Kier alpha value is 0.890. The van der Waals surface area contributed by atoms with Crippen molar-refractivity contribution in [1.29, 1.82) is 5.41 Å². The van der Waals surface area contributed by atoms with Gasteiger partial charge in [-0.25, -0.2) is 9.78 Å². The SMILES string of the molecule is N=C(N)C(Cl)(Cl)CCl.O=c1nc(C(Cl)(Cl)CCl)nc(C(Cl)(Cl)CCl)[nH]1. The number of alkyl halides is 9. The summed E-state index contributed by atoms with van der Waals surface area (Å²) in [6.45, 7) is 0. The first-order valence-electron chi connectivity index (χ1n) is 5.88. The van der Waals surface area contributed by atoms with Crippen molar-refractivity contribution in [2.75, 3.05) is 17.6 Å². The maximum atomic E-state index is 11.3. The third kappa shape index (κ3) is 8.20. The second-order valence-corrected chi connectivity index (χ2v) is 9.51. The molecule has 0 aliphatic heterocycles. The Morgan fingerprint density at radius 1 is 0.960 bits per heavy atom. The van der Waals surface area contributed by atoms with Crippen LogP contribution in [0.2, 0.25) is 0 Å². The summed E-state index contributed by atoms with van der Waals surface area (Å²) in [5.41, 5.74) is 4.16. The van der Waals surface area contributed by atoms with Gasteiger partial charge in [0.1, 0.15) is 11.7 Å². The minimum absolute atomic E-state index is 0.0640. The van der Waals surface area contributed by atoms with E-state index in [0.29, 0.717) is 0 Å². The number of hydrogen-bond donors (Lipinski definition) is 3. The summed E-state index contributed by atoms with van der Waals surface area (Å²) in [6, 6.07) is 0. The van der Waals surface area contributed by atoms with Crippen molar-refractivity contribution < 1.29 is 0 Å². The van der Waals surface area contributed by atoms with Crippen LogP contribution in [0.4, 0.5) is 0 Å². The van der Waals surface area contributed by atoms with E-state index in [1.165, 1.54) is 0 Å². The minimum atomic E-state index is -1.61. The normalized spacial score (nSPS) is 12.4. The fourth-order valence-corrected chi connectivity index (χ4v) is 1.65. The number of aromatic amines is 1. The number of H-pyrrole nitrogens is 1. The summed E-state index contributed by atoms with van der Waals surface area (Å²) in [7, 11) is 0. The molecule has 15 heteroatoms. The molecule has 25 heavy (non-hydrogen) atoms. The van der Waals surface area contributed by atoms with E-state index in [0.717, 1.165) is 0 Å². The van der Waals surface area contributed by atoms with Crippen LogP contribution in [0.5, 0.6) is 0 Å². The van der Waals surface area contributed by atoms with Crippen LogP contribution >= 0.6 is 104 Å². The van der Waals surface area contributed by atoms with E-state index < -0.39 is 18.7 Å². The van der Waals surface area contributed by atoms with Gasteiger partial charge in [0.15, 0.2) is 18.8 Å². The molecule has 0 aliphatic carbocycles. The van der Waals surface area contributed by atoms with Crippen LogP contribution in [-0.4, -0.2) is 42.8 Å². The smallest absolute Gasteiger partial charge is 0.348 e. The lowest BCUT2D eigenvalue weighted by Crippen LogP contribution is -2.34. The molecule has 0 bridgehead atoms. The zero-order chi connectivity index (χ0) is 20.1. The van der Waals surface area contributed by atoms with E-state index in [9.17, 15) is 4.79 Å². The molecular weight excluding hydrogens is 525 g/mol. The van der Waals surface area contributed by atoms with Crippen molar-refractivity contribution in [3.8, 4) is 0 Å². The number of hydrogen-bond acceptors (Lipinski definition) is 4. The molecule has 0 amide bonds. The van der Waals surface area contributed by atoms with Crippen LogP contribution in [0, 0.1) is 5.41 Å². The molecule has 0 radical (unpaired) electrons. The molecule has 4 N–H and O–H groups in total.